The lowest BCUT2D eigenvalue weighted by atomic mass is 10.6. The van der Waals surface area contributed by atoms with E-state index >= 15 is 0 Å². The molecule has 4 heteroatoms. The molecule has 1 rings (SSSR count). The summed E-state index contributed by atoms with van der Waals surface area (Å²) in [6, 6.07) is 0.329. The van der Waals surface area contributed by atoms with E-state index in [2.05, 4.69) is 10.1 Å². The first-order valence-corrected chi connectivity index (χ1v) is 2.81. The van der Waals surface area contributed by atoms with Crippen LogP contribution in [0.25, 0.3) is 5.53 Å². The van der Waals surface area contributed by atoms with Crippen molar-refractivity contribution in [2.75, 3.05) is 0 Å². The van der Waals surface area contributed by atoms with Crippen LogP contribution in [0.5, 0.6) is 0 Å². The fourth-order valence-corrected chi connectivity index (χ4v) is 0.519. The Balaban J connectivity index is 2.24. The molecule has 0 spiro atoms. The van der Waals surface area contributed by atoms with Crippen molar-refractivity contribution in [3.63, 3.8) is 0 Å². The maximum absolute atomic E-state index is 10.5. The maximum Gasteiger partial charge on any atom is 0.344 e. The molecule has 0 aromatic rings. The molecular formula is C5H7N3O. The third kappa shape index (κ3) is 2.06. The van der Waals surface area contributed by atoms with Crippen LogP contribution in [0.3, 0.4) is 0 Å². The molecular weight excluding hydrogens is 118 g/mol. The van der Waals surface area contributed by atoms with Crippen LogP contribution in [0, 0.1) is 0 Å². The molecule has 0 aromatic heterocycles. The second-order valence-corrected chi connectivity index (χ2v) is 2.03. The third-order valence-corrected chi connectivity index (χ3v) is 1.10. The number of hydrogen-bond donors (Lipinski definition) is 1. The van der Waals surface area contributed by atoms with Crippen LogP contribution in [0.15, 0.2) is 0 Å². The van der Waals surface area contributed by atoms with Gasteiger partial charge in [-0.25, -0.2) is 0 Å². The fourth-order valence-electron chi connectivity index (χ4n) is 0.519. The Morgan fingerprint density at radius 1 is 1.78 bits per heavy atom. The van der Waals surface area contributed by atoms with Gasteiger partial charge < -0.3 is 10.8 Å². The Kier molecular flexibility index (Phi) is 1.60. The number of amides is 1. The van der Waals surface area contributed by atoms with Crippen LogP contribution in [0.1, 0.15) is 12.8 Å². The molecule has 1 aliphatic rings. The van der Waals surface area contributed by atoms with Gasteiger partial charge in [-0.3, -0.25) is 4.79 Å². The van der Waals surface area contributed by atoms with E-state index in [4.69, 9.17) is 5.53 Å². The minimum absolute atomic E-state index is 0.319. The molecule has 0 unspecified atom stereocenters. The van der Waals surface area contributed by atoms with Gasteiger partial charge in [0.1, 0.15) is 0 Å². The molecule has 1 aliphatic carbocycles. The molecule has 48 valence electrons. The molecule has 9 heavy (non-hydrogen) atoms. The normalized spacial score (nSPS) is 16.0. The molecule has 0 atom stereocenters. The molecule has 1 N–H and O–H groups in total. The highest BCUT2D eigenvalue weighted by atomic mass is 16.1. The average Bonchev–Trinajstić information content (AvgIpc) is 2.50. The molecule has 0 bridgehead atoms. The Hall–Kier alpha value is -1.15. The van der Waals surface area contributed by atoms with Gasteiger partial charge in [0, 0.05) is 6.04 Å². The minimum atomic E-state index is -0.319. The molecule has 4 nitrogen and oxygen atoms in total. The zero-order valence-corrected chi connectivity index (χ0v) is 4.87. The van der Waals surface area contributed by atoms with E-state index < -0.39 is 0 Å². The van der Waals surface area contributed by atoms with Crippen LogP contribution in [-0.2, 0) is 4.79 Å². The second-order valence-electron chi connectivity index (χ2n) is 2.03. The number of rotatable bonds is 2. The summed E-state index contributed by atoms with van der Waals surface area (Å²) in [7, 11) is 0. The van der Waals surface area contributed by atoms with Gasteiger partial charge in [-0.05, 0) is 12.8 Å². The predicted octanol–water partition coefficient (Wildman–Crippen LogP) is -0.434. The van der Waals surface area contributed by atoms with E-state index in [-0.39, 0.29) is 5.91 Å². The van der Waals surface area contributed by atoms with Crippen molar-refractivity contribution >= 4 is 12.1 Å². The molecule has 1 saturated carbocycles. The van der Waals surface area contributed by atoms with Crippen LogP contribution in [0.2, 0.25) is 0 Å². The van der Waals surface area contributed by atoms with Crippen LogP contribution in [-0.4, -0.2) is 23.0 Å². The quantitative estimate of drug-likeness (QED) is 0.303. The van der Waals surface area contributed by atoms with Crippen LogP contribution < -0.4 is 5.32 Å². The monoisotopic (exact) mass is 125 g/mol. The molecule has 1 amide bonds. The van der Waals surface area contributed by atoms with Gasteiger partial charge in [0.15, 0.2) is 0 Å². The Morgan fingerprint density at radius 2 is 2.44 bits per heavy atom. The lowest BCUT2D eigenvalue weighted by Crippen LogP contribution is -2.26. The van der Waals surface area contributed by atoms with Crippen molar-refractivity contribution in [2.45, 2.75) is 18.9 Å². The molecule has 0 radical (unpaired) electrons. The van der Waals surface area contributed by atoms with Crippen LogP contribution in [0.4, 0.5) is 0 Å². The number of hydrogen-bond acceptors (Lipinski definition) is 1. The minimum Gasteiger partial charge on any atom is -0.361 e. The third-order valence-electron chi connectivity index (χ3n) is 1.10. The maximum atomic E-state index is 10.5. The number of carbonyl (C=O) groups excluding carboxylic acids is 1. The van der Waals surface area contributed by atoms with Crippen molar-refractivity contribution in [1.82, 2.24) is 5.32 Å². The Bertz CT molecular complexity index is 167. The highest BCUT2D eigenvalue weighted by molar-refractivity contribution is 6.24. The molecule has 0 heterocycles. The lowest BCUT2D eigenvalue weighted by Gasteiger charge is -1.89. The van der Waals surface area contributed by atoms with Gasteiger partial charge in [-0.2, -0.15) is 4.79 Å². The molecule has 0 aliphatic heterocycles. The van der Waals surface area contributed by atoms with Crippen molar-refractivity contribution in [1.29, 1.82) is 0 Å². The summed E-state index contributed by atoms with van der Waals surface area (Å²) in [5.41, 5.74) is 7.88. The van der Waals surface area contributed by atoms with Crippen LogP contribution >= 0.6 is 0 Å². The standard InChI is InChI=1S/C5H7N3O/c6-7-3-5(9)8-4-1-2-4/h3-4H,1-2H2,(H,8,9). The number of nitrogens with one attached hydrogen (secondary N) is 1. The van der Waals surface area contributed by atoms with Gasteiger partial charge in [0.05, 0.1) is 0 Å². The number of carbonyl (C=O) groups is 1. The lowest BCUT2D eigenvalue weighted by molar-refractivity contribution is -0.118. The summed E-state index contributed by atoms with van der Waals surface area (Å²) < 4.78 is 0. The second kappa shape index (κ2) is 2.42. The highest BCUT2D eigenvalue weighted by Gasteiger charge is 2.23. The largest absolute Gasteiger partial charge is 0.361 e. The smallest absolute Gasteiger partial charge is 0.344 e. The summed E-state index contributed by atoms with van der Waals surface area (Å²) >= 11 is 0. The molecule has 1 fully saturated rings. The van der Waals surface area contributed by atoms with E-state index in [0.717, 1.165) is 19.1 Å². The SMILES string of the molecule is [N-]=[N+]=CC(=O)NC1CC1. The molecule has 0 aromatic carbocycles. The topological polar surface area (TPSA) is 65.5 Å². The zero-order valence-electron chi connectivity index (χ0n) is 4.87. The summed E-state index contributed by atoms with van der Waals surface area (Å²) in [6.07, 6.45) is 2.95. The van der Waals surface area contributed by atoms with E-state index in [1.54, 1.807) is 0 Å². The van der Waals surface area contributed by atoms with Crippen molar-refractivity contribution in [3.05, 3.63) is 5.53 Å². The highest BCUT2D eigenvalue weighted by Crippen LogP contribution is 2.17. The first kappa shape index (κ1) is 5.98. The first-order valence-electron chi connectivity index (χ1n) is 2.81. The van der Waals surface area contributed by atoms with Gasteiger partial charge in [0.2, 0.25) is 0 Å². The van der Waals surface area contributed by atoms with Gasteiger partial charge in [-0.1, -0.05) is 0 Å². The molecule has 0 saturated heterocycles. The van der Waals surface area contributed by atoms with E-state index in [1.807, 2.05) is 0 Å². The summed E-state index contributed by atoms with van der Waals surface area (Å²) in [5, 5.41) is 2.61. The number of nitrogens with zero attached hydrogens (tertiary/aromatic N) is 2. The zero-order chi connectivity index (χ0) is 6.69. The van der Waals surface area contributed by atoms with Crippen molar-refractivity contribution in [3.8, 4) is 0 Å². The predicted molar refractivity (Wildman–Crippen MR) is 30.8 cm³/mol. The van der Waals surface area contributed by atoms with E-state index in [9.17, 15) is 4.79 Å². The fraction of sp³-hybridized carbons (Fsp3) is 0.600. The van der Waals surface area contributed by atoms with Gasteiger partial charge in [-0.15, -0.1) is 0 Å². The summed E-state index contributed by atoms with van der Waals surface area (Å²) in [6.45, 7) is 0. The summed E-state index contributed by atoms with van der Waals surface area (Å²) in [4.78, 5) is 13.1. The Labute approximate surface area is 52.5 Å². The van der Waals surface area contributed by atoms with E-state index in [0.29, 0.717) is 6.04 Å². The van der Waals surface area contributed by atoms with Gasteiger partial charge >= 0.3 is 12.1 Å². The first-order chi connectivity index (χ1) is 4.33. The average molecular weight is 125 g/mol. The Morgan fingerprint density at radius 3 is 2.89 bits per heavy atom. The summed E-state index contributed by atoms with van der Waals surface area (Å²) in [5.74, 6) is -0.319. The van der Waals surface area contributed by atoms with Crippen molar-refractivity contribution < 1.29 is 9.58 Å². The van der Waals surface area contributed by atoms with Crippen molar-refractivity contribution in [2.24, 2.45) is 0 Å². The van der Waals surface area contributed by atoms with Gasteiger partial charge in [0.25, 0.3) is 0 Å². The van der Waals surface area contributed by atoms with E-state index in [1.165, 1.54) is 0 Å².